The van der Waals surface area contributed by atoms with Crippen LogP contribution in [-0.2, 0) is 18.0 Å². The summed E-state index contributed by atoms with van der Waals surface area (Å²) in [5.74, 6) is 0.600. The minimum Gasteiger partial charge on any atom is -0.372 e. The number of fused-ring (bicyclic) bond motifs is 1. The topological polar surface area (TPSA) is 50.4 Å². The van der Waals surface area contributed by atoms with Gasteiger partial charge in [0, 0.05) is 12.1 Å². The third-order valence-corrected chi connectivity index (χ3v) is 3.70. The zero-order valence-corrected chi connectivity index (χ0v) is 10.4. The minimum atomic E-state index is 0.0246. The zero-order chi connectivity index (χ0) is 12.4. The molecule has 1 aromatic rings. The fourth-order valence-electron chi connectivity index (χ4n) is 2.54. The van der Waals surface area contributed by atoms with E-state index in [-0.39, 0.29) is 5.91 Å². The van der Waals surface area contributed by atoms with Crippen molar-refractivity contribution in [2.45, 2.75) is 19.6 Å². The van der Waals surface area contributed by atoms with E-state index >= 15 is 0 Å². The van der Waals surface area contributed by atoms with Crippen LogP contribution in [0.3, 0.4) is 0 Å². The van der Waals surface area contributed by atoms with Crippen LogP contribution in [0.25, 0.3) is 0 Å². The molecule has 1 atom stereocenters. The highest BCUT2D eigenvalue weighted by Gasteiger charge is 2.17. The van der Waals surface area contributed by atoms with Gasteiger partial charge in [-0.05, 0) is 48.7 Å². The molecule has 4 heteroatoms. The molecule has 2 aliphatic rings. The summed E-state index contributed by atoms with van der Waals surface area (Å²) in [7, 11) is 0. The van der Waals surface area contributed by atoms with Crippen molar-refractivity contribution in [2.75, 3.05) is 19.6 Å². The van der Waals surface area contributed by atoms with Crippen LogP contribution < -0.4 is 10.6 Å². The number of hydrogen-bond acceptors (Lipinski definition) is 3. The van der Waals surface area contributed by atoms with Gasteiger partial charge < -0.3 is 15.4 Å². The van der Waals surface area contributed by atoms with Gasteiger partial charge in [0.2, 0.25) is 0 Å². The Hall–Kier alpha value is -1.39. The molecule has 4 nitrogen and oxygen atoms in total. The molecular formula is C14H18N2O2. The number of carbonyl (C=O) groups excluding carboxylic acids is 1. The first-order valence-electron chi connectivity index (χ1n) is 6.51. The van der Waals surface area contributed by atoms with Crippen LogP contribution in [-0.4, -0.2) is 25.5 Å². The summed E-state index contributed by atoms with van der Waals surface area (Å²) in [6.45, 7) is 4.14. The zero-order valence-electron chi connectivity index (χ0n) is 10.4. The molecule has 2 N–H and O–H groups in total. The quantitative estimate of drug-likeness (QED) is 0.838. The molecule has 0 spiro atoms. The number of rotatable bonds is 3. The molecular weight excluding hydrogens is 228 g/mol. The van der Waals surface area contributed by atoms with Gasteiger partial charge in [-0.3, -0.25) is 4.79 Å². The predicted octanol–water partition coefficient (Wildman–Crippen LogP) is 1.06. The lowest BCUT2D eigenvalue weighted by molar-refractivity contribution is 0.0948. The normalized spacial score (nSPS) is 21.9. The second kappa shape index (κ2) is 5.08. The number of nitrogens with one attached hydrogen (secondary N) is 2. The highest BCUT2D eigenvalue weighted by Crippen LogP contribution is 2.20. The van der Waals surface area contributed by atoms with Gasteiger partial charge in [-0.25, -0.2) is 0 Å². The minimum absolute atomic E-state index is 0.0246. The van der Waals surface area contributed by atoms with E-state index in [1.165, 1.54) is 5.56 Å². The van der Waals surface area contributed by atoms with Crippen LogP contribution in [0.2, 0.25) is 0 Å². The summed E-state index contributed by atoms with van der Waals surface area (Å²) >= 11 is 0. The van der Waals surface area contributed by atoms with Crippen molar-refractivity contribution < 1.29 is 9.53 Å². The van der Waals surface area contributed by atoms with E-state index in [1.807, 2.05) is 18.2 Å². The Balaban J connectivity index is 1.61. The largest absolute Gasteiger partial charge is 0.372 e. The summed E-state index contributed by atoms with van der Waals surface area (Å²) in [6, 6.07) is 5.83. The summed E-state index contributed by atoms with van der Waals surface area (Å²) < 4.78 is 5.35. The fourth-order valence-corrected chi connectivity index (χ4v) is 2.54. The maximum atomic E-state index is 12.0. The highest BCUT2D eigenvalue weighted by atomic mass is 16.5. The second-order valence-electron chi connectivity index (χ2n) is 5.05. The first kappa shape index (κ1) is 11.7. The fraction of sp³-hybridized carbons (Fsp3) is 0.500. The van der Waals surface area contributed by atoms with Crippen LogP contribution in [0.4, 0.5) is 0 Å². The van der Waals surface area contributed by atoms with E-state index in [1.54, 1.807) is 0 Å². The molecule has 0 bridgehead atoms. The number of ether oxygens (including phenoxy) is 1. The maximum absolute atomic E-state index is 12.0. The average molecular weight is 246 g/mol. The Morgan fingerprint density at radius 2 is 2.28 bits per heavy atom. The molecule has 1 unspecified atom stereocenters. The number of amides is 1. The molecule has 0 aromatic heterocycles. The molecule has 0 aliphatic carbocycles. The maximum Gasteiger partial charge on any atom is 0.251 e. The van der Waals surface area contributed by atoms with Gasteiger partial charge in [0.15, 0.2) is 0 Å². The van der Waals surface area contributed by atoms with Gasteiger partial charge in [-0.15, -0.1) is 0 Å². The van der Waals surface area contributed by atoms with Gasteiger partial charge in [-0.1, -0.05) is 6.07 Å². The molecule has 2 heterocycles. The summed E-state index contributed by atoms with van der Waals surface area (Å²) in [5.41, 5.74) is 3.09. The lowest BCUT2D eigenvalue weighted by Gasteiger charge is -2.10. The van der Waals surface area contributed by atoms with E-state index in [0.717, 1.165) is 37.2 Å². The third kappa shape index (κ3) is 2.40. The molecule has 3 rings (SSSR count). The Kier molecular flexibility index (Phi) is 3.30. The molecule has 1 saturated heterocycles. The Morgan fingerprint density at radius 1 is 1.39 bits per heavy atom. The third-order valence-electron chi connectivity index (χ3n) is 3.70. The van der Waals surface area contributed by atoms with Crippen molar-refractivity contribution in [2.24, 2.45) is 5.92 Å². The molecule has 0 radical (unpaired) electrons. The van der Waals surface area contributed by atoms with Crippen molar-refractivity contribution in [1.82, 2.24) is 10.6 Å². The number of hydrogen-bond donors (Lipinski definition) is 2. The predicted molar refractivity (Wildman–Crippen MR) is 68.2 cm³/mol. The monoisotopic (exact) mass is 246 g/mol. The summed E-state index contributed by atoms with van der Waals surface area (Å²) in [4.78, 5) is 12.0. The van der Waals surface area contributed by atoms with Crippen LogP contribution in [0.1, 0.15) is 27.9 Å². The van der Waals surface area contributed by atoms with Crippen molar-refractivity contribution in [1.29, 1.82) is 0 Å². The first-order valence-corrected chi connectivity index (χ1v) is 6.51. The average Bonchev–Trinajstić information content (AvgIpc) is 3.05. The van der Waals surface area contributed by atoms with Crippen LogP contribution in [0.15, 0.2) is 18.2 Å². The molecule has 0 saturated carbocycles. The van der Waals surface area contributed by atoms with Gasteiger partial charge in [0.05, 0.1) is 13.2 Å². The standard InChI is InChI=1S/C14H18N2O2/c17-14(16-7-10-3-4-15-6-10)11-1-2-12-8-18-9-13(12)5-11/h1-2,5,10,15H,3-4,6-9H2,(H,16,17). The van der Waals surface area contributed by atoms with Gasteiger partial charge in [-0.2, -0.15) is 0 Å². The lowest BCUT2D eigenvalue weighted by atomic mass is 10.1. The van der Waals surface area contributed by atoms with Gasteiger partial charge >= 0.3 is 0 Å². The molecule has 1 fully saturated rings. The van der Waals surface area contributed by atoms with Gasteiger partial charge in [0.25, 0.3) is 5.91 Å². The van der Waals surface area contributed by atoms with Crippen molar-refractivity contribution in [3.8, 4) is 0 Å². The van der Waals surface area contributed by atoms with E-state index < -0.39 is 0 Å². The van der Waals surface area contributed by atoms with Crippen molar-refractivity contribution >= 4 is 5.91 Å². The van der Waals surface area contributed by atoms with E-state index in [4.69, 9.17) is 4.74 Å². The second-order valence-corrected chi connectivity index (χ2v) is 5.05. The van der Waals surface area contributed by atoms with Gasteiger partial charge in [0.1, 0.15) is 0 Å². The smallest absolute Gasteiger partial charge is 0.251 e. The molecule has 1 aromatic carbocycles. The first-order chi connectivity index (χ1) is 8.83. The molecule has 1 amide bonds. The van der Waals surface area contributed by atoms with E-state index in [2.05, 4.69) is 10.6 Å². The Labute approximate surface area is 107 Å². The van der Waals surface area contributed by atoms with Crippen LogP contribution in [0.5, 0.6) is 0 Å². The molecule has 2 aliphatic heterocycles. The Morgan fingerprint density at radius 3 is 3.11 bits per heavy atom. The van der Waals surface area contributed by atoms with Crippen molar-refractivity contribution in [3.05, 3.63) is 34.9 Å². The van der Waals surface area contributed by atoms with E-state index in [0.29, 0.717) is 19.1 Å². The Bertz CT molecular complexity index is 453. The summed E-state index contributed by atoms with van der Waals surface area (Å²) in [6.07, 6.45) is 1.15. The van der Waals surface area contributed by atoms with Crippen molar-refractivity contribution in [3.63, 3.8) is 0 Å². The van der Waals surface area contributed by atoms with E-state index in [9.17, 15) is 4.79 Å². The lowest BCUT2D eigenvalue weighted by Crippen LogP contribution is -2.30. The number of benzene rings is 1. The van der Waals surface area contributed by atoms with Crippen LogP contribution >= 0.6 is 0 Å². The summed E-state index contributed by atoms with van der Waals surface area (Å²) in [5, 5.41) is 6.31. The highest BCUT2D eigenvalue weighted by molar-refractivity contribution is 5.94. The molecule has 18 heavy (non-hydrogen) atoms. The molecule has 96 valence electrons. The van der Waals surface area contributed by atoms with Crippen LogP contribution in [0, 0.1) is 5.92 Å². The SMILES string of the molecule is O=C(NCC1CCNC1)c1ccc2c(c1)COC2. The number of carbonyl (C=O) groups is 1.